The minimum absolute atomic E-state index is 0.125. The monoisotopic (exact) mass is 300 g/mol. The molecule has 4 rings (SSSR count). The second kappa shape index (κ2) is 4.79. The lowest BCUT2D eigenvalue weighted by Crippen LogP contribution is -2.11. The van der Waals surface area contributed by atoms with Gasteiger partial charge in [-0.2, -0.15) is 0 Å². The van der Waals surface area contributed by atoms with Crippen LogP contribution >= 0.6 is 11.6 Å². The molecule has 0 spiro atoms. The summed E-state index contributed by atoms with van der Waals surface area (Å²) in [5, 5.41) is 12.1. The standard InChI is InChI=1S/C17H13ClO3/c18-13-6-3-4-10-8-15(21-17(10)13)16(19)12-9-20-14-7-2-1-5-11(12)14/h1-8,12,16,19H,9H2. The number of aliphatic hydroxyl groups is 1. The van der Waals surface area contributed by atoms with E-state index in [4.69, 9.17) is 20.8 Å². The van der Waals surface area contributed by atoms with E-state index in [9.17, 15) is 5.11 Å². The summed E-state index contributed by atoms with van der Waals surface area (Å²) in [5.41, 5.74) is 1.62. The number of hydrogen-bond donors (Lipinski definition) is 1. The minimum atomic E-state index is -0.753. The Bertz CT molecular complexity index is 809. The lowest BCUT2D eigenvalue weighted by Gasteiger charge is -2.14. The maximum Gasteiger partial charge on any atom is 0.152 e. The van der Waals surface area contributed by atoms with Gasteiger partial charge in [0, 0.05) is 10.9 Å². The number of para-hydroxylation sites is 2. The van der Waals surface area contributed by atoms with Crippen molar-refractivity contribution in [3.8, 4) is 5.75 Å². The number of aliphatic hydroxyl groups excluding tert-OH is 1. The van der Waals surface area contributed by atoms with Crippen molar-refractivity contribution in [1.29, 1.82) is 0 Å². The highest BCUT2D eigenvalue weighted by Crippen LogP contribution is 2.42. The van der Waals surface area contributed by atoms with E-state index in [1.165, 1.54) is 0 Å². The van der Waals surface area contributed by atoms with Crippen molar-refractivity contribution in [3.05, 3.63) is 64.9 Å². The van der Waals surface area contributed by atoms with Crippen LogP contribution in [0.25, 0.3) is 11.0 Å². The molecule has 2 aromatic carbocycles. The normalized spacial score (nSPS) is 18.5. The van der Waals surface area contributed by atoms with Gasteiger partial charge in [0.15, 0.2) is 5.58 Å². The van der Waals surface area contributed by atoms with Gasteiger partial charge in [0.1, 0.15) is 17.6 Å². The minimum Gasteiger partial charge on any atom is -0.493 e. The summed E-state index contributed by atoms with van der Waals surface area (Å²) >= 11 is 6.12. The maximum absolute atomic E-state index is 10.6. The first-order valence-electron chi connectivity index (χ1n) is 6.82. The summed E-state index contributed by atoms with van der Waals surface area (Å²) in [4.78, 5) is 0. The van der Waals surface area contributed by atoms with Crippen LogP contribution in [0.5, 0.6) is 5.75 Å². The number of hydrogen-bond acceptors (Lipinski definition) is 3. The summed E-state index contributed by atoms with van der Waals surface area (Å²) in [6.45, 7) is 0.450. The summed E-state index contributed by atoms with van der Waals surface area (Å²) in [6, 6.07) is 15.2. The highest BCUT2D eigenvalue weighted by Gasteiger charge is 2.33. The van der Waals surface area contributed by atoms with E-state index in [2.05, 4.69) is 0 Å². The Balaban J connectivity index is 1.74. The van der Waals surface area contributed by atoms with Gasteiger partial charge in [-0.1, -0.05) is 41.9 Å². The molecule has 2 unspecified atom stereocenters. The van der Waals surface area contributed by atoms with Gasteiger partial charge >= 0.3 is 0 Å². The Morgan fingerprint density at radius 3 is 2.86 bits per heavy atom. The van der Waals surface area contributed by atoms with Crippen molar-refractivity contribution in [2.24, 2.45) is 0 Å². The van der Waals surface area contributed by atoms with Gasteiger partial charge in [-0.25, -0.2) is 0 Å². The predicted octanol–water partition coefficient (Wildman–Crippen LogP) is 4.30. The van der Waals surface area contributed by atoms with Gasteiger partial charge in [0.2, 0.25) is 0 Å². The Hall–Kier alpha value is -1.97. The molecular weight excluding hydrogens is 288 g/mol. The quantitative estimate of drug-likeness (QED) is 0.767. The molecule has 0 fully saturated rings. The van der Waals surface area contributed by atoms with Crippen LogP contribution in [0.15, 0.2) is 52.9 Å². The average molecular weight is 301 g/mol. The molecule has 0 aliphatic carbocycles. The van der Waals surface area contributed by atoms with E-state index in [-0.39, 0.29) is 5.92 Å². The van der Waals surface area contributed by atoms with E-state index in [1.807, 2.05) is 42.5 Å². The lowest BCUT2D eigenvalue weighted by molar-refractivity contribution is 0.109. The van der Waals surface area contributed by atoms with Crippen molar-refractivity contribution in [3.63, 3.8) is 0 Å². The van der Waals surface area contributed by atoms with Crippen molar-refractivity contribution in [2.75, 3.05) is 6.61 Å². The van der Waals surface area contributed by atoms with Crippen molar-refractivity contribution < 1.29 is 14.3 Å². The molecule has 21 heavy (non-hydrogen) atoms. The average Bonchev–Trinajstić information content (AvgIpc) is 3.11. The Labute approximate surface area is 126 Å². The molecule has 2 heterocycles. The molecule has 1 aliphatic rings. The Morgan fingerprint density at radius 2 is 2.00 bits per heavy atom. The molecule has 3 aromatic rings. The fourth-order valence-electron chi connectivity index (χ4n) is 2.84. The Kier molecular flexibility index (Phi) is 2.91. The van der Waals surface area contributed by atoms with Crippen LogP contribution in [0.3, 0.4) is 0 Å². The first kappa shape index (κ1) is 12.7. The van der Waals surface area contributed by atoms with Gasteiger partial charge in [0.25, 0.3) is 0 Å². The molecule has 0 saturated heterocycles. The highest BCUT2D eigenvalue weighted by atomic mass is 35.5. The van der Waals surface area contributed by atoms with Crippen LogP contribution in [-0.4, -0.2) is 11.7 Å². The maximum atomic E-state index is 10.6. The van der Waals surface area contributed by atoms with Gasteiger partial charge in [-0.3, -0.25) is 0 Å². The lowest BCUT2D eigenvalue weighted by atomic mass is 9.94. The summed E-state index contributed by atoms with van der Waals surface area (Å²) in [7, 11) is 0. The van der Waals surface area contributed by atoms with Gasteiger partial charge < -0.3 is 14.3 Å². The number of furan rings is 1. The third kappa shape index (κ3) is 2.01. The number of fused-ring (bicyclic) bond motifs is 2. The van der Waals surface area contributed by atoms with E-state index in [0.29, 0.717) is 23.0 Å². The van der Waals surface area contributed by atoms with Crippen LogP contribution in [0, 0.1) is 0 Å². The number of benzene rings is 2. The topological polar surface area (TPSA) is 42.6 Å². The van der Waals surface area contributed by atoms with Gasteiger partial charge in [0.05, 0.1) is 17.5 Å². The van der Waals surface area contributed by atoms with Crippen molar-refractivity contribution >= 4 is 22.6 Å². The molecule has 106 valence electrons. The number of ether oxygens (including phenoxy) is 1. The highest BCUT2D eigenvalue weighted by molar-refractivity contribution is 6.34. The van der Waals surface area contributed by atoms with Crippen molar-refractivity contribution in [2.45, 2.75) is 12.0 Å². The van der Waals surface area contributed by atoms with E-state index < -0.39 is 6.10 Å². The SMILES string of the molecule is OC(c1cc2cccc(Cl)c2o1)C1COc2ccccc21. The smallest absolute Gasteiger partial charge is 0.152 e. The molecule has 0 saturated carbocycles. The largest absolute Gasteiger partial charge is 0.493 e. The third-order valence-electron chi connectivity index (χ3n) is 3.92. The molecule has 1 aliphatic heterocycles. The zero-order chi connectivity index (χ0) is 14.4. The Morgan fingerprint density at radius 1 is 1.14 bits per heavy atom. The van der Waals surface area contributed by atoms with Crippen LogP contribution in [0.4, 0.5) is 0 Å². The van der Waals surface area contributed by atoms with Crippen LogP contribution in [0.2, 0.25) is 5.02 Å². The van der Waals surface area contributed by atoms with Gasteiger partial charge in [-0.15, -0.1) is 0 Å². The fraction of sp³-hybridized carbons (Fsp3) is 0.176. The third-order valence-corrected chi connectivity index (χ3v) is 4.22. The molecule has 0 radical (unpaired) electrons. The van der Waals surface area contributed by atoms with E-state index in [1.54, 1.807) is 6.07 Å². The second-order valence-corrected chi connectivity index (χ2v) is 5.61. The number of rotatable bonds is 2. The summed E-state index contributed by atoms with van der Waals surface area (Å²) in [5.74, 6) is 1.22. The molecule has 0 bridgehead atoms. The fourth-order valence-corrected chi connectivity index (χ4v) is 3.06. The van der Waals surface area contributed by atoms with Crippen molar-refractivity contribution in [1.82, 2.24) is 0 Å². The molecule has 2 atom stereocenters. The summed E-state index contributed by atoms with van der Waals surface area (Å²) < 4.78 is 11.4. The second-order valence-electron chi connectivity index (χ2n) is 5.21. The zero-order valence-corrected chi connectivity index (χ0v) is 11.9. The first-order valence-corrected chi connectivity index (χ1v) is 7.19. The molecule has 1 aromatic heterocycles. The molecule has 4 heteroatoms. The van der Waals surface area contributed by atoms with Gasteiger partial charge in [-0.05, 0) is 18.2 Å². The zero-order valence-electron chi connectivity index (χ0n) is 11.1. The molecule has 3 nitrogen and oxygen atoms in total. The van der Waals surface area contributed by atoms with Crippen LogP contribution in [-0.2, 0) is 0 Å². The number of halogens is 1. The molecule has 0 amide bonds. The molecular formula is C17H13ClO3. The molecule has 1 N–H and O–H groups in total. The summed E-state index contributed by atoms with van der Waals surface area (Å²) in [6.07, 6.45) is -0.753. The van der Waals surface area contributed by atoms with Crippen LogP contribution < -0.4 is 4.74 Å². The predicted molar refractivity (Wildman–Crippen MR) is 80.9 cm³/mol. The van der Waals surface area contributed by atoms with E-state index >= 15 is 0 Å². The first-order chi connectivity index (χ1) is 10.2. The van der Waals surface area contributed by atoms with E-state index in [0.717, 1.165) is 16.7 Å². The van der Waals surface area contributed by atoms with Crippen LogP contribution in [0.1, 0.15) is 23.3 Å².